The molecule has 31 heavy (non-hydrogen) atoms. The van der Waals surface area contributed by atoms with Crippen molar-refractivity contribution in [3.63, 3.8) is 0 Å². The third-order valence-corrected chi connectivity index (χ3v) is 5.05. The summed E-state index contributed by atoms with van der Waals surface area (Å²) in [4.78, 5) is 11.1. The molecule has 1 heterocycles. The molecule has 1 saturated heterocycles. The predicted octanol–water partition coefficient (Wildman–Crippen LogP) is 1.76. The van der Waals surface area contributed by atoms with Gasteiger partial charge in [-0.2, -0.15) is 0 Å². The van der Waals surface area contributed by atoms with Gasteiger partial charge in [-0.3, -0.25) is 4.79 Å². The van der Waals surface area contributed by atoms with Crippen LogP contribution >= 0.6 is 0 Å². The van der Waals surface area contributed by atoms with Crippen LogP contribution in [0, 0.1) is 0 Å². The first-order chi connectivity index (χ1) is 14.4. The Morgan fingerprint density at radius 3 is 2.35 bits per heavy atom. The van der Waals surface area contributed by atoms with Crippen LogP contribution < -0.4 is 0 Å². The molecule has 1 aliphatic rings. The average molecular weight is 443 g/mol. The van der Waals surface area contributed by atoms with Crippen molar-refractivity contribution in [3.8, 4) is 0 Å². The van der Waals surface area contributed by atoms with E-state index in [4.69, 9.17) is 14.2 Å². The van der Waals surface area contributed by atoms with Crippen LogP contribution in [0.2, 0.25) is 0 Å². The number of hydrogen-bond donors (Lipinski definition) is 4. The zero-order valence-corrected chi connectivity index (χ0v) is 19.2. The molecular weight excluding hydrogens is 404 g/mol. The lowest BCUT2D eigenvalue weighted by Crippen LogP contribution is -2.59. The molecule has 8 heteroatoms. The second kappa shape index (κ2) is 12.5. The van der Waals surface area contributed by atoms with Crippen LogP contribution in [0.3, 0.4) is 0 Å². The number of aliphatic hydroxyl groups is 4. The van der Waals surface area contributed by atoms with Gasteiger partial charge in [0.2, 0.25) is 0 Å². The Labute approximate surface area is 184 Å². The zero-order chi connectivity index (χ0) is 23.8. The van der Waals surface area contributed by atoms with E-state index in [-0.39, 0.29) is 6.61 Å². The molecule has 7 atom stereocenters. The molecule has 178 valence electrons. The molecular formula is C23H38O8. The number of ether oxygens (including phenoxy) is 3. The maximum atomic E-state index is 11.1. The van der Waals surface area contributed by atoms with Crippen molar-refractivity contribution in [2.75, 3.05) is 6.61 Å². The van der Waals surface area contributed by atoms with Gasteiger partial charge in [0.05, 0.1) is 11.7 Å². The van der Waals surface area contributed by atoms with Crippen LogP contribution in [0.1, 0.15) is 53.9 Å². The summed E-state index contributed by atoms with van der Waals surface area (Å²) in [5.74, 6) is -0.549. The monoisotopic (exact) mass is 442 g/mol. The maximum Gasteiger partial charge on any atom is 0.302 e. The van der Waals surface area contributed by atoms with Crippen molar-refractivity contribution in [2.24, 2.45) is 0 Å². The summed E-state index contributed by atoms with van der Waals surface area (Å²) in [6.45, 7) is 12.0. The molecule has 0 bridgehead atoms. The third-order valence-electron chi connectivity index (χ3n) is 5.05. The Kier molecular flexibility index (Phi) is 11.1. The number of esters is 1. The van der Waals surface area contributed by atoms with Gasteiger partial charge < -0.3 is 34.6 Å². The minimum absolute atomic E-state index is 0.268. The normalized spacial score (nSPS) is 29.6. The van der Waals surface area contributed by atoms with Crippen LogP contribution in [0.4, 0.5) is 0 Å². The van der Waals surface area contributed by atoms with Gasteiger partial charge in [-0.1, -0.05) is 29.4 Å². The molecule has 0 aromatic rings. The molecule has 0 aromatic heterocycles. The summed E-state index contributed by atoms with van der Waals surface area (Å²) in [6.07, 6.45) is -0.00885. The molecule has 0 radical (unpaired) electrons. The summed E-state index contributed by atoms with van der Waals surface area (Å²) in [7, 11) is 0. The highest BCUT2D eigenvalue weighted by atomic mass is 16.7. The smallest absolute Gasteiger partial charge is 0.302 e. The largest absolute Gasteiger partial charge is 0.463 e. The minimum atomic E-state index is -1.51. The molecule has 0 spiro atoms. The molecule has 8 nitrogen and oxygen atoms in total. The lowest BCUT2D eigenvalue weighted by Gasteiger charge is -2.41. The van der Waals surface area contributed by atoms with E-state index < -0.39 is 48.4 Å². The number of carbonyl (C=O) groups excluding carboxylic acids is 1. The fourth-order valence-corrected chi connectivity index (χ4v) is 3.17. The van der Waals surface area contributed by atoms with Crippen molar-refractivity contribution in [3.05, 3.63) is 36.0 Å². The van der Waals surface area contributed by atoms with E-state index in [0.717, 1.165) is 11.1 Å². The van der Waals surface area contributed by atoms with Crippen molar-refractivity contribution in [2.45, 2.75) is 96.3 Å². The van der Waals surface area contributed by atoms with Gasteiger partial charge in [-0.15, -0.1) is 6.58 Å². The van der Waals surface area contributed by atoms with Gasteiger partial charge in [-0.25, -0.2) is 0 Å². The van der Waals surface area contributed by atoms with Crippen LogP contribution in [0.25, 0.3) is 0 Å². The van der Waals surface area contributed by atoms with Gasteiger partial charge in [0.1, 0.15) is 31.0 Å². The lowest BCUT2D eigenvalue weighted by atomic mass is 9.98. The molecule has 0 saturated carbocycles. The number of carbonyl (C=O) groups is 1. The highest BCUT2D eigenvalue weighted by Crippen LogP contribution is 2.26. The molecule has 0 aromatic carbocycles. The van der Waals surface area contributed by atoms with Crippen molar-refractivity contribution >= 4 is 5.97 Å². The summed E-state index contributed by atoms with van der Waals surface area (Å²) in [5, 5.41) is 40.7. The minimum Gasteiger partial charge on any atom is -0.463 e. The topological polar surface area (TPSA) is 126 Å². The molecule has 1 rings (SSSR count). The van der Waals surface area contributed by atoms with E-state index in [0.29, 0.717) is 19.3 Å². The quantitative estimate of drug-likeness (QED) is 0.282. The van der Waals surface area contributed by atoms with Crippen LogP contribution in [0.15, 0.2) is 36.0 Å². The predicted molar refractivity (Wildman–Crippen MR) is 116 cm³/mol. The first-order valence-electron chi connectivity index (χ1n) is 10.5. The highest BCUT2D eigenvalue weighted by Gasteiger charge is 2.45. The van der Waals surface area contributed by atoms with E-state index in [1.165, 1.54) is 13.0 Å². The van der Waals surface area contributed by atoms with Crippen LogP contribution in [-0.2, 0) is 19.0 Å². The Hall–Kier alpha value is -1.55. The maximum absolute atomic E-state index is 11.1. The summed E-state index contributed by atoms with van der Waals surface area (Å²) in [5.41, 5.74) is 1.08. The third kappa shape index (κ3) is 9.64. The molecule has 1 fully saturated rings. The fourth-order valence-electron chi connectivity index (χ4n) is 3.17. The van der Waals surface area contributed by atoms with Crippen LogP contribution in [0.5, 0.6) is 0 Å². The number of aliphatic hydroxyl groups excluding tert-OH is 3. The van der Waals surface area contributed by atoms with Gasteiger partial charge >= 0.3 is 5.97 Å². The summed E-state index contributed by atoms with van der Waals surface area (Å²) < 4.78 is 16.4. The van der Waals surface area contributed by atoms with E-state index in [1.807, 2.05) is 32.9 Å². The van der Waals surface area contributed by atoms with Crippen molar-refractivity contribution < 1.29 is 39.4 Å². The van der Waals surface area contributed by atoms with Crippen molar-refractivity contribution in [1.82, 2.24) is 0 Å². The Balaban J connectivity index is 2.85. The standard InChI is InChI=1S/C23H38O8/c1-7-23(6,28)10-8-9-15(4)12-17(11-14(2)3)30-22-21(27)20(26)19(25)18(31-22)13-29-16(5)24/h7,9,11,17-22,25-28H,1,8,10,12-13H2,2-6H3. The molecule has 0 aliphatic carbocycles. The van der Waals surface area contributed by atoms with Gasteiger partial charge in [0, 0.05) is 6.92 Å². The van der Waals surface area contributed by atoms with E-state index in [9.17, 15) is 25.2 Å². The van der Waals surface area contributed by atoms with Gasteiger partial charge in [0.25, 0.3) is 0 Å². The lowest BCUT2D eigenvalue weighted by molar-refractivity contribution is -0.308. The average Bonchev–Trinajstić information content (AvgIpc) is 2.66. The second-order valence-corrected chi connectivity index (χ2v) is 8.59. The number of hydrogen-bond acceptors (Lipinski definition) is 8. The van der Waals surface area contributed by atoms with Gasteiger partial charge in [0.15, 0.2) is 6.29 Å². The first-order valence-corrected chi connectivity index (χ1v) is 10.5. The second-order valence-electron chi connectivity index (χ2n) is 8.59. The van der Waals surface area contributed by atoms with Crippen LogP contribution in [-0.4, -0.2) is 75.4 Å². The Morgan fingerprint density at radius 2 is 1.81 bits per heavy atom. The Morgan fingerprint density at radius 1 is 1.16 bits per heavy atom. The van der Waals surface area contributed by atoms with Crippen molar-refractivity contribution in [1.29, 1.82) is 0 Å². The van der Waals surface area contributed by atoms with Gasteiger partial charge in [-0.05, 0) is 47.0 Å². The number of allylic oxidation sites excluding steroid dienone is 2. The highest BCUT2D eigenvalue weighted by molar-refractivity contribution is 5.65. The first kappa shape index (κ1) is 27.5. The summed E-state index contributed by atoms with van der Waals surface area (Å²) >= 11 is 0. The van der Waals surface area contributed by atoms with E-state index in [1.54, 1.807) is 6.92 Å². The fraction of sp³-hybridized carbons (Fsp3) is 0.696. The number of rotatable bonds is 11. The molecule has 4 N–H and O–H groups in total. The molecule has 1 aliphatic heterocycles. The van der Waals surface area contributed by atoms with E-state index in [2.05, 4.69) is 6.58 Å². The SMILES string of the molecule is C=CC(C)(O)CCC=C(C)CC(C=C(C)C)OC1OC(COC(C)=O)C(O)C(O)C1O. The summed E-state index contributed by atoms with van der Waals surface area (Å²) in [6, 6.07) is 0. The molecule has 0 amide bonds. The Bertz CT molecular complexity index is 650. The molecule has 7 unspecified atom stereocenters. The van der Waals surface area contributed by atoms with E-state index >= 15 is 0 Å². The zero-order valence-electron chi connectivity index (χ0n) is 19.2.